The lowest BCUT2D eigenvalue weighted by atomic mass is 10.2. The Hall–Kier alpha value is 0.434. The Morgan fingerprint density at radius 3 is 1.75 bits per heavy atom. The van der Waals surface area contributed by atoms with Gasteiger partial charge in [0.15, 0.2) is 0 Å². The largest absolute Gasteiger partial charge is 0.0686 e. The fourth-order valence-corrected chi connectivity index (χ4v) is 4.80. The molecular weight excluding hydrogens is 128 g/mol. The normalized spacial score (nSPS) is 24.8. The fourth-order valence-electron chi connectivity index (χ4n) is 1.09. The molecular formula is C6H12Si2. The number of hydrogen-bond acceptors (Lipinski definition) is 0. The molecule has 0 nitrogen and oxygen atoms in total. The second-order valence-electron chi connectivity index (χ2n) is 2.32. The van der Waals surface area contributed by atoms with Crippen molar-refractivity contribution in [2.75, 3.05) is 0 Å². The molecule has 0 aromatic carbocycles. The first-order valence-corrected chi connectivity index (χ1v) is 5.74. The minimum atomic E-state index is 0.861. The van der Waals surface area contributed by atoms with Crippen LogP contribution < -0.4 is 0 Å². The molecule has 0 aliphatic carbocycles. The van der Waals surface area contributed by atoms with E-state index in [4.69, 9.17) is 0 Å². The summed E-state index contributed by atoms with van der Waals surface area (Å²) < 4.78 is 0.861. The maximum atomic E-state index is 2.34. The minimum Gasteiger partial charge on any atom is -0.0686 e. The monoisotopic (exact) mass is 140 g/mol. The second kappa shape index (κ2) is 2.35. The summed E-state index contributed by atoms with van der Waals surface area (Å²) in [6, 6.07) is 0. The van der Waals surface area contributed by atoms with E-state index in [1.54, 1.807) is 5.67 Å². The van der Waals surface area contributed by atoms with Crippen molar-refractivity contribution in [3.63, 3.8) is 0 Å². The van der Waals surface area contributed by atoms with Crippen LogP contribution in [0, 0.1) is 0 Å². The topological polar surface area (TPSA) is 0 Å². The average molecular weight is 140 g/mol. The maximum Gasteiger partial charge on any atom is 0.0378 e. The summed E-state index contributed by atoms with van der Waals surface area (Å²) >= 11 is 0. The van der Waals surface area contributed by atoms with Gasteiger partial charge < -0.3 is 0 Å². The van der Waals surface area contributed by atoms with Gasteiger partial charge in [0, 0.05) is 19.0 Å². The molecule has 44 valence electrons. The molecule has 2 heteroatoms. The standard InChI is InChI=1S/C6H12Si2/c1-3-6(4-2)7-5-8-6/h3-5H2,1-2H3. The summed E-state index contributed by atoms with van der Waals surface area (Å²) in [4.78, 5) is 0. The summed E-state index contributed by atoms with van der Waals surface area (Å²) in [6.07, 6.45) is 2.86. The van der Waals surface area contributed by atoms with Crippen LogP contribution in [0.1, 0.15) is 26.7 Å². The fraction of sp³-hybridized carbons (Fsp3) is 1.00. The zero-order chi connectivity index (χ0) is 6.04. The van der Waals surface area contributed by atoms with Gasteiger partial charge in [-0.15, -0.1) is 0 Å². The van der Waals surface area contributed by atoms with E-state index in [0.29, 0.717) is 0 Å². The Labute approximate surface area is 56.7 Å². The van der Waals surface area contributed by atoms with Crippen molar-refractivity contribution in [2.45, 2.75) is 37.0 Å². The Kier molecular flexibility index (Phi) is 1.93. The van der Waals surface area contributed by atoms with Crippen LogP contribution in [0.15, 0.2) is 0 Å². The molecule has 4 radical (unpaired) electrons. The minimum absolute atomic E-state index is 0.861. The Bertz CT molecular complexity index is 63.1. The Balaban J connectivity index is 2.33. The van der Waals surface area contributed by atoms with Gasteiger partial charge in [-0.2, -0.15) is 0 Å². The molecule has 8 heavy (non-hydrogen) atoms. The molecule has 1 rings (SSSR count). The third-order valence-corrected chi connectivity index (χ3v) is 7.30. The van der Waals surface area contributed by atoms with Gasteiger partial charge in [0.25, 0.3) is 0 Å². The molecule has 0 aromatic rings. The predicted octanol–water partition coefficient (Wildman–Crippen LogP) is 1.72. The number of rotatable bonds is 2. The van der Waals surface area contributed by atoms with Crippen LogP contribution in [-0.2, 0) is 0 Å². The van der Waals surface area contributed by atoms with Crippen LogP contribution in [0.3, 0.4) is 0 Å². The highest BCUT2D eigenvalue weighted by Gasteiger charge is 2.34. The lowest BCUT2D eigenvalue weighted by Gasteiger charge is -2.38. The van der Waals surface area contributed by atoms with Crippen molar-refractivity contribution < 1.29 is 0 Å². The van der Waals surface area contributed by atoms with E-state index in [2.05, 4.69) is 13.8 Å². The van der Waals surface area contributed by atoms with Crippen LogP contribution in [0.5, 0.6) is 0 Å². The summed E-state index contributed by atoms with van der Waals surface area (Å²) in [5.74, 6) is 0. The molecule has 0 unspecified atom stereocenters. The molecule has 0 atom stereocenters. The zero-order valence-corrected chi connectivity index (χ0v) is 7.62. The van der Waals surface area contributed by atoms with Gasteiger partial charge in [-0.1, -0.05) is 32.4 Å². The van der Waals surface area contributed by atoms with Crippen molar-refractivity contribution in [2.24, 2.45) is 0 Å². The predicted molar refractivity (Wildman–Crippen MR) is 39.6 cm³/mol. The van der Waals surface area contributed by atoms with E-state index in [9.17, 15) is 0 Å². The highest BCUT2D eigenvalue weighted by Crippen LogP contribution is 2.40. The molecule has 0 saturated carbocycles. The van der Waals surface area contributed by atoms with Crippen LogP contribution in [-0.4, -0.2) is 19.0 Å². The second-order valence-corrected chi connectivity index (χ2v) is 6.86. The molecule has 0 spiro atoms. The zero-order valence-electron chi connectivity index (χ0n) is 5.62. The lowest BCUT2D eigenvalue weighted by Crippen LogP contribution is -2.37. The molecule has 1 heterocycles. The Morgan fingerprint density at radius 1 is 1.25 bits per heavy atom. The van der Waals surface area contributed by atoms with Gasteiger partial charge in [0.1, 0.15) is 0 Å². The summed E-state index contributed by atoms with van der Waals surface area (Å²) in [7, 11) is 2.59. The van der Waals surface area contributed by atoms with Crippen LogP contribution in [0.25, 0.3) is 0 Å². The molecule has 0 aromatic heterocycles. The molecule has 1 fully saturated rings. The van der Waals surface area contributed by atoms with Crippen molar-refractivity contribution in [3.05, 3.63) is 0 Å². The van der Waals surface area contributed by atoms with Gasteiger partial charge in [0.05, 0.1) is 0 Å². The SMILES string of the molecule is CCC1(CC)[Si]C[Si]1. The quantitative estimate of drug-likeness (QED) is 0.512. The summed E-state index contributed by atoms with van der Waals surface area (Å²) in [5, 5.41) is 0. The highest BCUT2D eigenvalue weighted by molar-refractivity contribution is 6.80. The van der Waals surface area contributed by atoms with Crippen molar-refractivity contribution in [3.8, 4) is 0 Å². The van der Waals surface area contributed by atoms with Crippen LogP contribution in [0.4, 0.5) is 0 Å². The van der Waals surface area contributed by atoms with Crippen molar-refractivity contribution >= 4 is 19.0 Å². The van der Waals surface area contributed by atoms with E-state index in [1.165, 1.54) is 31.9 Å². The average Bonchev–Trinajstić information content (AvgIpc) is 1.67. The van der Waals surface area contributed by atoms with Gasteiger partial charge in [-0.25, -0.2) is 0 Å². The highest BCUT2D eigenvalue weighted by atomic mass is 28.3. The molecule has 1 aliphatic heterocycles. The third kappa shape index (κ3) is 0.912. The first kappa shape index (κ1) is 6.55. The maximum absolute atomic E-state index is 2.34. The van der Waals surface area contributed by atoms with E-state index in [1.807, 2.05) is 0 Å². The third-order valence-electron chi connectivity index (χ3n) is 2.06. The smallest absolute Gasteiger partial charge is 0.0378 e. The molecule has 1 saturated heterocycles. The van der Waals surface area contributed by atoms with E-state index >= 15 is 0 Å². The van der Waals surface area contributed by atoms with Gasteiger partial charge in [-0.05, 0) is 4.66 Å². The summed E-state index contributed by atoms with van der Waals surface area (Å²) in [6.45, 7) is 4.67. The molecule has 0 N–H and O–H groups in total. The first-order chi connectivity index (χ1) is 3.83. The van der Waals surface area contributed by atoms with Gasteiger partial charge >= 0.3 is 0 Å². The molecule has 0 amide bonds. The van der Waals surface area contributed by atoms with Crippen molar-refractivity contribution in [1.82, 2.24) is 0 Å². The van der Waals surface area contributed by atoms with Gasteiger partial charge in [0.2, 0.25) is 0 Å². The number of hydrogen-bond donors (Lipinski definition) is 0. The molecule has 1 aliphatic rings. The van der Waals surface area contributed by atoms with E-state index in [0.717, 1.165) is 4.66 Å². The summed E-state index contributed by atoms with van der Waals surface area (Å²) in [5.41, 5.74) is 1.54. The molecule has 0 bridgehead atoms. The van der Waals surface area contributed by atoms with Crippen LogP contribution >= 0.6 is 0 Å². The van der Waals surface area contributed by atoms with E-state index < -0.39 is 0 Å². The van der Waals surface area contributed by atoms with Crippen molar-refractivity contribution in [1.29, 1.82) is 0 Å². The van der Waals surface area contributed by atoms with Crippen LogP contribution in [0.2, 0.25) is 10.3 Å². The lowest BCUT2D eigenvalue weighted by molar-refractivity contribution is 0.664. The van der Waals surface area contributed by atoms with Gasteiger partial charge in [-0.3, -0.25) is 0 Å². The Morgan fingerprint density at radius 2 is 1.75 bits per heavy atom. The first-order valence-electron chi connectivity index (χ1n) is 3.33. The van der Waals surface area contributed by atoms with E-state index in [-0.39, 0.29) is 0 Å².